The van der Waals surface area contributed by atoms with E-state index >= 15 is 0 Å². The van der Waals surface area contributed by atoms with Crippen LogP contribution in [0.5, 0.6) is 5.75 Å². The third-order valence-electron chi connectivity index (χ3n) is 2.90. The number of guanidine groups is 1. The molecule has 1 aliphatic heterocycles. The molecule has 1 aliphatic rings. The minimum absolute atomic E-state index is 0. The van der Waals surface area contributed by atoms with Gasteiger partial charge in [-0.25, -0.2) is 5.01 Å². The van der Waals surface area contributed by atoms with Gasteiger partial charge >= 0.3 is 0 Å². The van der Waals surface area contributed by atoms with Crippen LogP contribution in [0.1, 0.15) is 12.5 Å². The summed E-state index contributed by atoms with van der Waals surface area (Å²) in [6.45, 7) is 2.66. The number of phenolic OH excluding ortho intramolecular Hbond substituents is 1. The largest absolute Gasteiger partial charge is 0.506 e. The molecule has 0 radical (unpaired) electrons. The van der Waals surface area contributed by atoms with E-state index in [0.29, 0.717) is 23.1 Å². The summed E-state index contributed by atoms with van der Waals surface area (Å²) in [6, 6.07) is 5.21. The van der Waals surface area contributed by atoms with Gasteiger partial charge in [-0.3, -0.25) is 4.99 Å². The first kappa shape index (κ1) is 15.6. The molecule has 0 aliphatic carbocycles. The van der Waals surface area contributed by atoms with Gasteiger partial charge in [0.05, 0.1) is 17.3 Å². The van der Waals surface area contributed by atoms with Crippen molar-refractivity contribution < 1.29 is 5.11 Å². The van der Waals surface area contributed by atoms with E-state index in [-0.39, 0.29) is 24.1 Å². The third-order valence-corrected chi connectivity index (χ3v) is 3.20. The molecule has 1 aromatic rings. The molecule has 3 N–H and O–H groups in total. The molecule has 0 aromatic heterocycles. The van der Waals surface area contributed by atoms with E-state index in [1.807, 2.05) is 6.92 Å². The number of halogens is 2. The molecular formula is C12H16Cl2N4O. The summed E-state index contributed by atoms with van der Waals surface area (Å²) in [5, 5.41) is 16.3. The molecule has 1 atom stereocenters. The molecule has 2 rings (SSSR count). The molecular weight excluding hydrogens is 287 g/mol. The Morgan fingerprint density at radius 1 is 1.58 bits per heavy atom. The maximum absolute atomic E-state index is 9.97. The van der Waals surface area contributed by atoms with Crippen molar-refractivity contribution >= 4 is 35.7 Å². The van der Waals surface area contributed by atoms with Crippen molar-refractivity contribution in [3.63, 3.8) is 0 Å². The van der Waals surface area contributed by atoms with Crippen molar-refractivity contribution in [1.29, 1.82) is 0 Å². The van der Waals surface area contributed by atoms with Gasteiger partial charge in [0.15, 0.2) is 0 Å². The Morgan fingerprint density at radius 3 is 2.89 bits per heavy atom. The van der Waals surface area contributed by atoms with Crippen LogP contribution in [-0.2, 0) is 0 Å². The van der Waals surface area contributed by atoms with E-state index in [4.69, 9.17) is 17.3 Å². The first-order valence-electron chi connectivity index (χ1n) is 5.60. The van der Waals surface area contributed by atoms with Crippen LogP contribution >= 0.6 is 24.0 Å². The van der Waals surface area contributed by atoms with Crippen molar-refractivity contribution in [2.45, 2.75) is 6.92 Å². The van der Waals surface area contributed by atoms with Crippen LogP contribution < -0.4 is 5.73 Å². The van der Waals surface area contributed by atoms with E-state index in [2.05, 4.69) is 10.1 Å². The molecule has 1 aromatic carbocycles. The fourth-order valence-electron chi connectivity index (χ4n) is 1.92. The zero-order chi connectivity index (χ0) is 13.3. The molecule has 104 valence electrons. The monoisotopic (exact) mass is 302 g/mol. The summed E-state index contributed by atoms with van der Waals surface area (Å²) in [7, 11) is 1.62. The van der Waals surface area contributed by atoms with Crippen molar-refractivity contribution in [3.05, 3.63) is 28.8 Å². The maximum atomic E-state index is 9.97. The van der Waals surface area contributed by atoms with Crippen molar-refractivity contribution in [1.82, 2.24) is 5.01 Å². The van der Waals surface area contributed by atoms with Crippen molar-refractivity contribution in [3.8, 4) is 5.75 Å². The number of rotatable bonds is 1. The van der Waals surface area contributed by atoms with Gasteiger partial charge in [-0.15, -0.1) is 12.4 Å². The van der Waals surface area contributed by atoms with Crippen LogP contribution in [0.15, 0.2) is 28.3 Å². The molecule has 0 spiro atoms. The van der Waals surface area contributed by atoms with E-state index in [0.717, 1.165) is 5.71 Å². The zero-order valence-electron chi connectivity index (χ0n) is 10.7. The number of phenols is 1. The average molecular weight is 303 g/mol. The molecule has 0 saturated carbocycles. The first-order chi connectivity index (χ1) is 8.54. The van der Waals surface area contributed by atoms with Gasteiger partial charge in [0.2, 0.25) is 5.96 Å². The Labute approximate surface area is 123 Å². The summed E-state index contributed by atoms with van der Waals surface area (Å²) >= 11 is 5.90. The van der Waals surface area contributed by atoms with Gasteiger partial charge in [0, 0.05) is 18.5 Å². The molecule has 0 fully saturated rings. The number of nitrogens with two attached hydrogens (primary N) is 1. The lowest BCUT2D eigenvalue weighted by atomic mass is 9.99. The lowest BCUT2D eigenvalue weighted by molar-refractivity contribution is 0.450. The lowest BCUT2D eigenvalue weighted by Crippen LogP contribution is -2.32. The van der Waals surface area contributed by atoms with Crippen LogP contribution in [0.3, 0.4) is 0 Å². The predicted molar refractivity (Wildman–Crippen MR) is 80.3 cm³/mol. The maximum Gasteiger partial charge on any atom is 0.211 e. The summed E-state index contributed by atoms with van der Waals surface area (Å²) in [6.07, 6.45) is 0. The second-order valence-corrected chi connectivity index (χ2v) is 4.59. The smallest absolute Gasteiger partial charge is 0.211 e. The molecule has 19 heavy (non-hydrogen) atoms. The molecule has 0 saturated heterocycles. The quantitative estimate of drug-likeness (QED) is 0.616. The van der Waals surface area contributed by atoms with Gasteiger partial charge in [-0.2, -0.15) is 5.10 Å². The molecule has 0 bridgehead atoms. The number of hydrazone groups is 1. The topological polar surface area (TPSA) is 74.2 Å². The highest BCUT2D eigenvalue weighted by molar-refractivity contribution is 6.32. The molecule has 7 heteroatoms. The number of hydrogen-bond acceptors (Lipinski definition) is 3. The van der Waals surface area contributed by atoms with E-state index in [1.54, 1.807) is 30.3 Å². The Balaban J connectivity index is 0.00000180. The van der Waals surface area contributed by atoms with Crippen LogP contribution in [0.4, 0.5) is 0 Å². The second-order valence-electron chi connectivity index (χ2n) is 4.19. The SMILES string of the molecule is CN=C(N)N1C[C@@H](C)C(c2cccc(Cl)c2O)=N1.Cl. The average Bonchev–Trinajstić information content (AvgIpc) is 2.74. The van der Waals surface area contributed by atoms with Crippen molar-refractivity contribution in [2.75, 3.05) is 13.6 Å². The van der Waals surface area contributed by atoms with E-state index in [9.17, 15) is 5.11 Å². The fourth-order valence-corrected chi connectivity index (χ4v) is 2.09. The molecule has 5 nitrogen and oxygen atoms in total. The van der Waals surface area contributed by atoms with Gasteiger partial charge in [0.1, 0.15) is 5.75 Å². The minimum Gasteiger partial charge on any atom is -0.506 e. The highest BCUT2D eigenvalue weighted by atomic mass is 35.5. The van der Waals surface area contributed by atoms with Gasteiger partial charge in [-0.1, -0.05) is 24.6 Å². The van der Waals surface area contributed by atoms with Crippen LogP contribution in [0.25, 0.3) is 0 Å². The number of aliphatic imine (C=N–C) groups is 1. The zero-order valence-corrected chi connectivity index (χ0v) is 12.2. The van der Waals surface area contributed by atoms with Gasteiger partial charge in [-0.05, 0) is 12.1 Å². The number of para-hydroxylation sites is 1. The fraction of sp³-hybridized carbons (Fsp3) is 0.333. The summed E-state index contributed by atoms with van der Waals surface area (Å²) < 4.78 is 0. The number of hydrogen-bond donors (Lipinski definition) is 2. The molecule has 0 amide bonds. The van der Waals surface area contributed by atoms with Gasteiger partial charge in [0.25, 0.3) is 0 Å². The normalized spacial score (nSPS) is 19.1. The van der Waals surface area contributed by atoms with Gasteiger partial charge < -0.3 is 10.8 Å². The minimum atomic E-state index is 0. The Bertz CT molecular complexity index is 530. The van der Waals surface area contributed by atoms with Crippen molar-refractivity contribution in [2.24, 2.45) is 21.7 Å². The summed E-state index contributed by atoms with van der Waals surface area (Å²) in [5.74, 6) is 0.562. The van der Waals surface area contributed by atoms with Crippen LogP contribution in [-0.4, -0.2) is 35.4 Å². The van der Waals surface area contributed by atoms with E-state index in [1.165, 1.54) is 0 Å². The second kappa shape index (κ2) is 6.12. The van der Waals surface area contributed by atoms with E-state index < -0.39 is 0 Å². The summed E-state index contributed by atoms with van der Waals surface area (Å²) in [5.41, 5.74) is 7.13. The number of nitrogens with zero attached hydrogens (tertiary/aromatic N) is 3. The van der Waals surface area contributed by atoms with Crippen LogP contribution in [0.2, 0.25) is 5.02 Å². The summed E-state index contributed by atoms with van der Waals surface area (Å²) in [4.78, 5) is 3.90. The lowest BCUT2D eigenvalue weighted by Gasteiger charge is -2.11. The molecule has 1 heterocycles. The third kappa shape index (κ3) is 2.93. The van der Waals surface area contributed by atoms with Crippen LogP contribution in [0, 0.1) is 5.92 Å². The Hall–Kier alpha value is -1.46. The number of benzene rings is 1. The Kier molecular flexibility index (Phi) is 5.03. The molecule has 0 unspecified atom stereocenters. The first-order valence-corrected chi connectivity index (χ1v) is 5.98. The standard InChI is InChI=1S/C12H15ClN4O.ClH/c1-7-6-17(12(14)15-2)16-10(7)8-4-3-5-9(13)11(8)18;/h3-5,7,18H,6H2,1-2H3,(H2,14,15);1H/t7-;/m1./s1. The predicted octanol–water partition coefficient (Wildman–Crippen LogP) is 2.07. The highest BCUT2D eigenvalue weighted by Crippen LogP contribution is 2.31. The Morgan fingerprint density at radius 2 is 2.26 bits per heavy atom. The number of aromatic hydroxyl groups is 1. The highest BCUT2D eigenvalue weighted by Gasteiger charge is 2.27.